The molecule has 2 aliphatic heterocycles. The number of nitrogens with two attached hydrogens (primary N) is 1. The van der Waals surface area contributed by atoms with Crippen molar-refractivity contribution in [2.24, 2.45) is 11.1 Å². The topological polar surface area (TPSA) is 139 Å². The third-order valence-corrected chi connectivity index (χ3v) is 8.69. The van der Waals surface area contributed by atoms with E-state index < -0.39 is 41.0 Å². The summed E-state index contributed by atoms with van der Waals surface area (Å²) >= 11 is 8.39. The average molecular weight is 691 g/mol. The van der Waals surface area contributed by atoms with Gasteiger partial charge in [0.2, 0.25) is 17.6 Å². The number of rotatable bonds is 6. The van der Waals surface area contributed by atoms with Crippen molar-refractivity contribution in [3.8, 4) is 0 Å². The Balaban J connectivity index is 1.70. The first-order chi connectivity index (χ1) is 19.4. The highest BCUT2D eigenvalue weighted by Gasteiger charge is 2.66. The van der Waals surface area contributed by atoms with Crippen molar-refractivity contribution in [3.63, 3.8) is 0 Å². The van der Waals surface area contributed by atoms with Gasteiger partial charge < -0.3 is 21.7 Å². The standard InChI is InChI=1S/C29H29ClFIN6O3/c1-28(2,3)10-20-29(18-8-7-15(30)9-19(18)37-27(29)41)21(17-6-4-5-14(11-32)22(17)31)23(38-20)26(40)36-16-12-34-25(24(33)39)35-13-16/h4-9,12-13,20-21,23,38H,10-11H2,1-3H3,(H2,33,39)(H,36,40)(H,37,41)/t20-,21-,23+,29+/m0/s1. The molecule has 0 radical (unpaired) electrons. The van der Waals surface area contributed by atoms with Gasteiger partial charge in [-0.2, -0.15) is 0 Å². The first kappa shape index (κ1) is 29.3. The summed E-state index contributed by atoms with van der Waals surface area (Å²) in [5.41, 5.74) is 5.81. The van der Waals surface area contributed by atoms with E-state index in [2.05, 4.69) is 69.3 Å². The van der Waals surface area contributed by atoms with Crippen molar-refractivity contribution < 1.29 is 18.8 Å². The van der Waals surface area contributed by atoms with Gasteiger partial charge in [-0.1, -0.05) is 79.2 Å². The molecule has 1 spiro atoms. The summed E-state index contributed by atoms with van der Waals surface area (Å²) in [6, 6.07) is 8.70. The maximum absolute atomic E-state index is 16.2. The summed E-state index contributed by atoms with van der Waals surface area (Å²) in [5.74, 6) is -3.21. The molecule has 1 fully saturated rings. The molecule has 9 nitrogen and oxygen atoms in total. The van der Waals surface area contributed by atoms with Crippen molar-refractivity contribution in [1.82, 2.24) is 15.3 Å². The second-order valence-electron chi connectivity index (χ2n) is 11.6. The second kappa shape index (κ2) is 10.9. The van der Waals surface area contributed by atoms with Gasteiger partial charge in [0.25, 0.3) is 5.91 Å². The van der Waals surface area contributed by atoms with Crippen LogP contribution in [0.1, 0.15) is 60.4 Å². The molecule has 2 aliphatic rings. The fourth-order valence-electron chi connectivity index (χ4n) is 6.07. The molecule has 1 aromatic heterocycles. The molecule has 2 aromatic carbocycles. The Morgan fingerprint density at radius 2 is 1.90 bits per heavy atom. The summed E-state index contributed by atoms with van der Waals surface area (Å²) in [4.78, 5) is 47.4. The number of alkyl halides is 1. The zero-order chi connectivity index (χ0) is 29.7. The fourth-order valence-corrected chi connectivity index (χ4v) is 6.84. The Bertz CT molecular complexity index is 1550. The number of fused-ring (bicyclic) bond motifs is 2. The van der Waals surface area contributed by atoms with Crippen LogP contribution in [0.25, 0.3) is 0 Å². The van der Waals surface area contributed by atoms with Crippen molar-refractivity contribution in [3.05, 3.63) is 82.1 Å². The Labute approximate surface area is 255 Å². The SMILES string of the molecule is CC(C)(C)C[C@@H]1N[C@@H](C(=O)Nc2cnc(C(N)=O)nc2)[C@H](c2cccc(CI)c2F)[C@]12C(=O)Nc1cc(Cl)ccc12. The van der Waals surface area contributed by atoms with Crippen molar-refractivity contribution in [1.29, 1.82) is 0 Å². The van der Waals surface area contributed by atoms with Gasteiger partial charge in [0.1, 0.15) is 11.2 Å². The molecule has 3 aromatic rings. The summed E-state index contributed by atoms with van der Waals surface area (Å²) in [7, 11) is 0. The molecule has 5 rings (SSSR count). The van der Waals surface area contributed by atoms with Crippen LogP contribution in [-0.4, -0.2) is 39.8 Å². The highest BCUT2D eigenvalue weighted by atomic mass is 127. The highest BCUT2D eigenvalue weighted by Crippen LogP contribution is 2.57. The van der Waals surface area contributed by atoms with Gasteiger partial charge in [-0.05, 0) is 40.7 Å². The third kappa shape index (κ3) is 5.19. The second-order valence-corrected chi connectivity index (χ2v) is 12.8. The van der Waals surface area contributed by atoms with E-state index in [9.17, 15) is 14.4 Å². The monoisotopic (exact) mass is 690 g/mol. The minimum Gasteiger partial charge on any atom is -0.363 e. The number of hydrogen-bond donors (Lipinski definition) is 4. The smallest absolute Gasteiger partial charge is 0.286 e. The molecular weight excluding hydrogens is 662 g/mol. The first-order valence-electron chi connectivity index (χ1n) is 13.0. The van der Waals surface area contributed by atoms with Gasteiger partial charge in [0.05, 0.1) is 24.1 Å². The Kier molecular flexibility index (Phi) is 7.81. The lowest BCUT2D eigenvalue weighted by Gasteiger charge is -2.37. The van der Waals surface area contributed by atoms with Crippen LogP contribution in [0.3, 0.4) is 0 Å². The summed E-state index contributed by atoms with van der Waals surface area (Å²) in [6.45, 7) is 6.15. The van der Waals surface area contributed by atoms with Crippen molar-refractivity contribution >= 4 is 63.3 Å². The third-order valence-electron chi connectivity index (χ3n) is 7.63. The van der Waals surface area contributed by atoms with Crippen LogP contribution in [0, 0.1) is 11.2 Å². The Morgan fingerprint density at radius 1 is 1.20 bits per heavy atom. The van der Waals surface area contributed by atoms with E-state index in [-0.39, 0.29) is 28.4 Å². The molecule has 0 aliphatic carbocycles. The van der Waals surface area contributed by atoms with E-state index in [4.69, 9.17) is 17.3 Å². The fraction of sp³-hybridized carbons (Fsp3) is 0.345. The predicted molar refractivity (Wildman–Crippen MR) is 163 cm³/mol. The number of hydrogen-bond acceptors (Lipinski definition) is 6. The number of carbonyl (C=O) groups is 3. The average Bonchev–Trinajstić information content (AvgIpc) is 3.38. The van der Waals surface area contributed by atoms with Crippen LogP contribution in [-0.2, 0) is 19.4 Å². The van der Waals surface area contributed by atoms with E-state index >= 15 is 4.39 Å². The molecule has 0 saturated carbocycles. The lowest BCUT2D eigenvalue weighted by atomic mass is 9.62. The molecule has 12 heteroatoms. The number of nitrogens with one attached hydrogen (secondary N) is 3. The molecule has 214 valence electrons. The van der Waals surface area contributed by atoms with Crippen molar-refractivity contribution in [2.75, 3.05) is 10.6 Å². The number of carbonyl (C=O) groups excluding carboxylic acids is 3. The molecule has 1 saturated heterocycles. The Hall–Kier alpha value is -3.16. The lowest BCUT2D eigenvalue weighted by molar-refractivity contribution is -0.122. The summed E-state index contributed by atoms with van der Waals surface area (Å²) < 4.78 is 16.6. The predicted octanol–water partition coefficient (Wildman–Crippen LogP) is 4.69. The van der Waals surface area contributed by atoms with E-state index in [0.717, 1.165) is 0 Å². The number of benzene rings is 2. The Morgan fingerprint density at radius 3 is 2.54 bits per heavy atom. The summed E-state index contributed by atoms with van der Waals surface area (Å²) in [5, 5.41) is 9.64. The number of anilines is 2. The molecular formula is C29H29ClFIN6O3. The van der Waals surface area contributed by atoms with Gasteiger partial charge in [0.15, 0.2) is 0 Å². The quantitative estimate of drug-likeness (QED) is 0.219. The number of nitrogens with zero attached hydrogens (tertiary/aromatic N) is 2. The van der Waals surface area contributed by atoms with E-state index in [1.165, 1.54) is 12.4 Å². The molecule has 0 bridgehead atoms. The number of amides is 3. The van der Waals surface area contributed by atoms with Gasteiger partial charge in [0, 0.05) is 27.1 Å². The zero-order valence-corrected chi connectivity index (χ0v) is 25.5. The molecule has 0 unspecified atom stereocenters. The van der Waals surface area contributed by atoms with Gasteiger partial charge >= 0.3 is 0 Å². The normalized spacial score (nSPS) is 23.4. The molecule has 3 heterocycles. The largest absolute Gasteiger partial charge is 0.363 e. The molecule has 3 amide bonds. The van der Waals surface area contributed by atoms with E-state index in [0.29, 0.717) is 32.7 Å². The number of primary amides is 1. The summed E-state index contributed by atoms with van der Waals surface area (Å²) in [6.07, 6.45) is 3.05. The highest BCUT2D eigenvalue weighted by molar-refractivity contribution is 14.1. The number of aromatic nitrogens is 2. The van der Waals surface area contributed by atoms with Crippen molar-refractivity contribution in [2.45, 2.75) is 55.0 Å². The maximum Gasteiger partial charge on any atom is 0.286 e. The minimum absolute atomic E-state index is 0.195. The van der Waals surface area contributed by atoms with Crippen LogP contribution in [0.5, 0.6) is 0 Å². The van der Waals surface area contributed by atoms with Crippen LogP contribution in [0.2, 0.25) is 5.02 Å². The zero-order valence-electron chi connectivity index (χ0n) is 22.6. The number of halogens is 3. The van der Waals surface area contributed by atoms with Gasteiger partial charge in [-0.25, -0.2) is 14.4 Å². The first-order valence-corrected chi connectivity index (χ1v) is 14.9. The lowest BCUT2D eigenvalue weighted by Crippen LogP contribution is -2.49. The van der Waals surface area contributed by atoms with Crippen LogP contribution in [0.15, 0.2) is 48.8 Å². The maximum atomic E-state index is 16.2. The molecule has 5 N–H and O–H groups in total. The minimum atomic E-state index is -1.33. The molecule has 4 atom stereocenters. The van der Waals surface area contributed by atoms with Crippen LogP contribution in [0.4, 0.5) is 15.8 Å². The molecule has 41 heavy (non-hydrogen) atoms. The van der Waals surface area contributed by atoms with Crippen LogP contribution >= 0.6 is 34.2 Å². The van der Waals surface area contributed by atoms with Gasteiger partial charge in [-0.3, -0.25) is 14.4 Å². The van der Waals surface area contributed by atoms with Crippen LogP contribution < -0.4 is 21.7 Å². The van der Waals surface area contributed by atoms with Gasteiger partial charge in [-0.15, -0.1) is 0 Å². The van der Waals surface area contributed by atoms with E-state index in [1.807, 2.05) is 0 Å². The van der Waals surface area contributed by atoms with E-state index in [1.54, 1.807) is 36.4 Å².